The molecule has 4 saturated carbocycles. The first-order valence-electron chi connectivity index (χ1n) is 21.5. The van der Waals surface area contributed by atoms with E-state index >= 15 is 0 Å². The monoisotopic (exact) mass is 816 g/mol. The number of aliphatic hydroxyl groups excluding tert-OH is 10. The van der Waals surface area contributed by atoms with Crippen LogP contribution in [-0.2, 0) is 23.7 Å². The van der Waals surface area contributed by atoms with Crippen LogP contribution >= 0.6 is 0 Å². The van der Waals surface area contributed by atoms with Gasteiger partial charge in [0.05, 0.1) is 49.3 Å². The van der Waals surface area contributed by atoms with Crippen molar-refractivity contribution in [1.82, 2.24) is 0 Å². The van der Waals surface area contributed by atoms with Gasteiger partial charge in [-0.05, 0) is 118 Å². The molecule has 0 aromatic rings. The van der Waals surface area contributed by atoms with Crippen LogP contribution in [0.2, 0.25) is 0 Å². The van der Waals surface area contributed by atoms with Gasteiger partial charge in [0.1, 0.15) is 48.8 Å². The largest absolute Gasteiger partial charge is 0.394 e. The second-order valence-electron chi connectivity index (χ2n) is 21.0. The fourth-order valence-electron chi connectivity index (χ4n) is 14.1. The van der Waals surface area contributed by atoms with Crippen LogP contribution in [0.15, 0.2) is 0 Å². The van der Waals surface area contributed by atoms with Gasteiger partial charge in [-0.15, -0.1) is 0 Å². The first kappa shape index (κ1) is 44.5. The standard InChI is InChI=1S/C42H72O15/c1-37(2)24-9-13-40(6)25(39(24,5)12-10-26(37)46)16-21(45)28-20(8-15-42(28,40)19-53-35-33(51)31(49)29(47)22(17-43)54-35)41(7)14-11-27(56-41)38(3,4)57-36-34(52)32(50)30(48)23(18-44)55-36/h20-36,43-52H,8-19H2,1-7H3/t20-,21-,22+,23-,24+,25-,26+,27+,28+,29+,30-,31-,32+,33+,34-,35+,36+,39+,40-,41+,42+/m1/s1. The fourth-order valence-corrected chi connectivity index (χ4v) is 14.1. The Hall–Kier alpha value is -0.600. The van der Waals surface area contributed by atoms with Gasteiger partial charge in [-0.25, -0.2) is 0 Å². The summed E-state index contributed by atoms with van der Waals surface area (Å²) in [5.74, 6) is -0.121. The van der Waals surface area contributed by atoms with E-state index in [0.29, 0.717) is 38.5 Å². The molecule has 7 aliphatic rings. The van der Waals surface area contributed by atoms with E-state index < -0.39 is 110 Å². The van der Waals surface area contributed by atoms with Crippen LogP contribution in [0.3, 0.4) is 0 Å². The molecule has 0 unspecified atom stereocenters. The summed E-state index contributed by atoms with van der Waals surface area (Å²) in [5, 5.41) is 107. The summed E-state index contributed by atoms with van der Waals surface area (Å²) in [6.07, 6.45) is -9.42. The second-order valence-corrected chi connectivity index (χ2v) is 21.0. The average Bonchev–Trinajstić information content (AvgIpc) is 3.78. The molecule has 15 nitrogen and oxygen atoms in total. The van der Waals surface area contributed by atoms with E-state index in [-0.39, 0.29) is 46.5 Å². The summed E-state index contributed by atoms with van der Waals surface area (Å²) in [7, 11) is 0. The number of fused-ring (bicyclic) bond motifs is 5. The van der Waals surface area contributed by atoms with Crippen molar-refractivity contribution in [3.05, 3.63) is 0 Å². The van der Waals surface area contributed by atoms with Gasteiger partial charge in [-0.1, -0.05) is 27.7 Å². The molecule has 15 heteroatoms. The first-order valence-corrected chi connectivity index (χ1v) is 21.5. The van der Waals surface area contributed by atoms with E-state index in [0.717, 1.165) is 19.3 Å². The van der Waals surface area contributed by atoms with E-state index in [4.69, 9.17) is 23.7 Å². The lowest BCUT2D eigenvalue weighted by Gasteiger charge is -2.71. The van der Waals surface area contributed by atoms with E-state index in [1.54, 1.807) is 0 Å². The lowest BCUT2D eigenvalue weighted by Crippen LogP contribution is -2.68. The summed E-state index contributed by atoms with van der Waals surface area (Å²) in [6.45, 7) is 13.7. The summed E-state index contributed by atoms with van der Waals surface area (Å²) < 4.78 is 31.5. The van der Waals surface area contributed by atoms with Gasteiger partial charge in [0.25, 0.3) is 0 Å². The number of ether oxygens (including phenoxy) is 5. The maximum Gasteiger partial charge on any atom is 0.187 e. The van der Waals surface area contributed by atoms with Crippen LogP contribution < -0.4 is 0 Å². The predicted molar refractivity (Wildman–Crippen MR) is 202 cm³/mol. The Morgan fingerprint density at radius 2 is 1.25 bits per heavy atom. The van der Waals surface area contributed by atoms with E-state index in [9.17, 15) is 51.1 Å². The fraction of sp³-hybridized carbons (Fsp3) is 1.00. The van der Waals surface area contributed by atoms with Gasteiger partial charge < -0.3 is 74.7 Å². The Balaban J connectivity index is 1.19. The van der Waals surface area contributed by atoms with Crippen LogP contribution in [0, 0.1) is 45.3 Å². The van der Waals surface area contributed by atoms with E-state index in [1.807, 2.05) is 13.8 Å². The molecule has 3 saturated heterocycles. The van der Waals surface area contributed by atoms with Gasteiger partial charge >= 0.3 is 0 Å². The van der Waals surface area contributed by atoms with Gasteiger partial charge in [0, 0.05) is 5.41 Å². The summed E-state index contributed by atoms with van der Waals surface area (Å²) in [6, 6.07) is 0. The molecule has 21 atom stereocenters. The molecule has 0 radical (unpaired) electrons. The summed E-state index contributed by atoms with van der Waals surface area (Å²) >= 11 is 0. The highest BCUT2D eigenvalue weighted by molar-refractivity contribution is 5.22. The highest BCUT2D eigenvalue weighted by Gasteiger charge is 2.74. The summed E-state index contributed by atoms with van der Waals surface area (Å²) in [5.41, 5.74) is -3.25. The molecule has 0 bridgehead atoms. The predicted octanol–water partition coefficient (Wildman–Crippen LogP) is 0.333. The normalized spacial score (nSPS) is 55.2. The molecule has 57 heavy (non-hydrogen) atoms. The SMILES string of the molecule is CC(C)(O[C@@H]1O[C@H](CO)[C@@H](O)[C@H](O)[C@H]1O)[C@@H]1CC[C@@](C)([C@@H]2CC[C@]3(CO[C@H]4O[C@@H](CO)[C@H](O)[C@@H](O)[C@@H]4O)[C@@H]2[C@H](O)C[C@@H]2[C@@]4(C)CC[C@H](O)C(C)(C)[C@@H]4CC[C@]23C)O1. The molecular formula is C42H72O15. The molecule has 3 heterocycles. The lowest BCUT2D eigenvalue weighted by atomic mass is 9.35. The van der Waals surface area contributed by atoms with Crippen molar-refractivity contribution in [2.24, 2.45) is 45.3 Å². The average molecular weight is 817 g/mol. The molecule has 0 aromatic carbocycles. The van der Waals surface area contributed by atoms with E-state index in [1.165, 1.54) is 0 Å². The number of rotatable bonds is 9. The number of aliphatic hydroxyl groups is 10. The molecular weight excluding hydrogens is 744 g/mol. The number of hydrogen-bond acceptors (Lipinski definition) is 15. The van der Waals surface area contributed by atoms with Gasteiger partial charge in [-0.3, -0.25) is 0 Å². The van der Waals surface area contributed by atoms with Gasteiger partial charge in [0.2, 0.25) is 0 Å². The van der Waals surface area contributed by atoms with Crippen molar-refractivity contribution < 1.29 is 74.7 Å². The third-order valence-corrected chi connectivity index (χ3v) is 17.5. The Kier molecular flexibility index (Phi) is 12.0. The smallest absolute Gasteiger partial charge is 0.187 e. The van der Waals surface area contributed by atoms with Gasteiger partial charge in [0.15, 0.2) is 12.6 Å². The molecule has 10 N–H and O–H groups in total. The molecule has 0 amide bonds. The van der Waals surface area contributed by atoms with Crippen molar-refractivity contribution in [1.29, 1.82) is 0 Å². The molecule has 330 valence electrons. The molecule has 0 spiro atoms. The van der Waals surface area contributed by atoms with Crippen LogP contribution in [0.25, 0.3) is 0 Å². The minimum absolute atomic E-state index is 0.0786. The van der Waals surface area contributed by atoms with Crippen molar-refractivity contribution in [3.8, 4) is 0 Å². The zero-order valence-electron chi connectivity index (χ0n) is 34.8. The Labute approximate surface area is 336 Å². The molecule has 0 aromatic heterocycles. The van der Waals surface area contributed by atoms with Crippen molar-refractivity contribution in [2.75, 3.05) is 19.8 Å². The Bertz CT molecular complexity index is 1430. The van der Waals surface area contributed by atoms with Crippen LogP contribution in [-0.4, -0.2) is 162 Å². The Morgan fingerprint density at radius 3 is 1.86 bits per heavy atom. The highest BCUT2D eigenvalue weighted by Crippen LogP contribution is 2.76. The quantitative estimate of drug-likeness (QED) is 0.151. The lowest BCUT2D eigenvalue weighted by molar-refractivity contribution is -0.335. The van der Waals surface area contributed by atoms with Crippen molar-refractivity contribution in [3.63, 3.8) is 0 Å². The topological polar surface area (TPSA) is 248 Å². The first-order chi connectivity index (χ1) is 26.5. The molecule has 3 aliphatic heterocycles. The van der Waals surface area contributed by atoms with Crippen molar-refractivity contribution in [2.45, 2.75) is 197 Å². The van der Waals surface area contributed by atoms with E-state index in [2.05, 4.69) is 34.6 Å². The van der Waals surface area contributed by atoms with Crippen molar-refractivity contribution >= 4 is 0 Å². The second kappa shape index (κ2) is 15.3. The minimum atomic E-state index is -1.59. The van der Waals surface area contributed by atoms with Crippen LogP contribution in [0.4, 0.5) is 0 Å². The van der Waals surface area contributed by atoms with Gasteiger partial charge in [-0.2, -0.15) is 0 Å². The number of hydrogen-bond donors (Lipinski definition) is 10. The Morgan fingerprint density at radius 1 is 0.649 bits per heavy atom. The zero-order chi connectivity index (χ0) is 41.8. The third-order valence-electron chi connectivity index (χ3n) is 17.5. The molecule has 7 fully saturated rings. The maximum atomic E-state index is 12.7. The van der Waals surface area contributed by atoms with Crippen LogP contribution in [0.1, 0.15) is 106 Å². The summed E-state index contributed by atoms with van der Waals surface area (Å²) in [4.78, 5) is 0. The molecule has 7 rings (SSSR count). The van der Waals surface area contributed by atoms with Crippen LogP contribution in [0.5, 0.6) is 0 Å². The highest BCUT2D eigenvalue weighted by atomic mass is 16.7. The zero-order valence-corrected chi connectivity index (χ0v) is 34.8. The maximum absolute atomic E-state index is 12.7. The third kappa shape index (κ3) is 6.80. The minimum Gasteiger partial charge on any atom is -0.394 e. The molecule has 4 aliphatic carbocycles.